The second-order valence-corrected chi connectivity index (χ2v) is 5.03. The van der Waals surface area contributed by atoms with Crippen molar-refractivity contribution in [3.05, 3.63) is 16.7 Å². The first-order valence-corrected chi connectivity index (χ1v) is 6.22. The van der Waals surface area contributed by atoms with Gasteiger partial charge in [0, 0.05) is 0 Å². The first-order chi connectivity index (χ1) is 10.3. The number of aromatic amines is 1. The number of anilines is 1. The molecule has 5 N–H and O–H groups in total. The number of aliphatic hydroxyl groups is 2. The van der Waals surface area contributed by atoms with Crippen LogP contribution in [-0.4, -0.2) is 47.8 Å². The molecule has 0 unspecified atom stereocenters. The van der Waals surface area contributed by atoms with Crippen molar-refractivity contribution in [1.82, 2.24) is 19.5 Å². The summed E-state index contributed by atoms with van der Waals surface area (Å²) in [7, 11) is 0. The Morgan fingerprint density at radius 1 is 1.73 bits per heavy atom. The molecule has 2 aromatic heterocycles. The maximum Gasteiger partial charge on any atom is 0.280 e. The standard InChI is InChI=1S/C12H12FN5O4/c1-2-11(21)3-12(13,4-19)22-9(11)18-5-15-6-7(18)16-10(14)17-8(6)20/h1,5,9,19,21H,3-4H2,(H3,14,16,17,20)/t9-,11-,12+/m1/s1. The fraction of sp³-hybridized carbons (Fsp3) is 0.417. The van der Waals surface area contributed by atoms with Crippen LogP contribution in [0, 0.1) is 12.3 Å². The van der Waals surface area contributed by atoms with Gasteiger partial charge in [-0.05, 0) is 0 Å². The van der Waals surface area contributed by atoms with Gasteiger partial charge in [-0.25, -0.2) is 9.37 Å². The van der Waals surface area contributed by atoms with E-state index in [2.05, 4.69) is 15.0 Å². The van der Waals surface area contributed by atoms with Gasteiger partial charge in [0.2, 0.25) is 11.8 Å². The molecule has 1 aliphatic heterocycles. The Morgan fingerprint density at radius 2 is 2.45 bits per heavy atom. The van der Waals surface area contributed by atoms with Gasteiger partial charge in [0.1, 0.15) is 6.61 Å². The van der Waals surface area contributed by atoms with Crippen molar-refractivity contribution in [2.24, 2.45) is 0 Å². The largest absolute Gasteiger partial charge is 0.390 e. The number of halogens is 1. The summed E-state index contributed by atoms with van der Waals surface area (Å²) in [6.45, 7) is -0.990. The number of nitrogens with one attached hydrogen (secondary N) is 1. The van der Waals surface area contributed by atoms with Gasteiger partial charge < -0.3 is 20.7 Å². The number of imidazole rings is 1. The predicted molar refractivity (Wildman–Crippen MR) is 72.0 cm³/mol. The number of terminal acetylenes is 1. The molecule has 2 aromatic rings. The number of alkyl halides is 1. The molecule has 1 fully saturated rings. The van der Waals surface area contributed by atoms with E-state index in [1.807, 2.05) is 5.92 Å². The number of nitrogen functional groups attached to an aromatic ring is 1. The maximum atomic E-state index is 14.3. The Balaban J connectivity index is 2.19. The average Bonchev–Trinajstić information content (AvgIpc) is 2.99. The topological polar surface area (TPSA) is 139 Å². The Morgan fingerprint density at radius 3 is 3.09 bits per heavy atom. The highest BCUT2D eigenvalue weighted by atomic mass is 19.2. The highest BCUT2D eigenvalue weighted by molar-refractivity contribution is 5.70. The highest BCUT2D eigenvalue weighted by Crippen LogP contribution is 2.45. The monoisotopic (exact) mass is 309 g/mol. The number of rotatable bonds is 2. The molecule has 1 aliphatic rings. The molecule has 116 valence electrons. The lowest BCUT2D eigenvalue weighted by molar-refractivity contribution is -0.181. The Hall–Kier alpha value is -2.48. The first kappa shape index (κ1) is 14.5. The van der Waals surface area contributed by atoms with Crippen LogP contribution in [0.1, 0.15) is 12.6 Å². The third-order valence-electron chi connectivity index (χ3n) is 3.45. The third kappa shape index (κ3) is 1.95. The summed E-state index contributed by atoms with van der Waals surface area (Å²) >= 11 is 0. The SMILES string of the molecule is C#C[C@@]1(O)C[C@@](F)(CO)O[C@H]1n1cnc2c(=O)[nH]c(N)nc21. The average molecular weight is 309 g/mol. The number of H-pyrrole nitrogens is 1. The van der Waals surface area contributed by atoms with Gasteiger partial charge in [-0.3, -0.25) is 14.3 Å². The van der Waals surface area contributed by atoms with Gasteiger partial charge in [-0.15, -0.1) is 6.42 Å². The minimum atomic E-state index is -2.52. The van der Waals surface area contributed by atoms with Crippen LogP contribution < -0.4 is 11.3 Å². The van der Waals surface area contributed by atoms with Crippen molar-refractivity contribution in [3.63, 3.8) is 0 Å². The molecule has 0 aromatic carbocycles. The van der Waals surface area contributed by atoms with Crippen molar-refractivity contribution >= 4 is 17.1 Å². The number of aromatic nitrogens is 4. The molecule has 9 nitrogen and oxygen atoms in total. The molecule has 3 rings (SSSR count). The number of hydrogen-bond acceptors (Lipinski definition) is 7. The molecule has 22 heavy (non-hydrogen) atoms. The van der Waals surface area contributed by atoms with Gasteiger partial charge >= 0.3 is 0 Å². The molecule has 3 atom stereocenters. The lowest BCUT2D eigenvalue weighted by Crippen LogP contribution is -2.34. The van der Waals surface area contributed by atoms with E-state index in [1.165, 1.54) is 0 Å². The number of nitrogens with two attached hydrogens (primary N) is 1. The molecule has 0 amide bonds. The summed E-state index contributed by atoms with van der Waals surface area (Å²) < 4.78 is 20.4. The maximum absolute atomic E-state index is 14.3. The van der Waals surface area contributed by atoms with E-state index in [0.717, 1.165) is 10.9 Å². The van der Waals surface area contributed by atoms with Gasteiger partial charge in [0.25, 0.3) is 5.56 Å². The molecule has 1 saturated heterocycles. The number of aliphatic hydroxyl groups excluding tert-OH is 1. The van der Waals surface area contributed by atoms with Crippen molar-refractivity contribution < 1.29 is 19.3 Å². The van der Waals surface area contributed by atoms with E-state index in [-0.39, 0.29) is 17.1 Å². The molecule has 10 heteroatoms. The van der Waals surface area contributed by atoms with E-state index in [0.29, 0.717) is 0 Å². The second-order valence-electron chi connectivity index (χ2n) is 5.03. The summed E-state index contributed by atoms with van der Waals surface area (Å²) in [6, 6.07) is 0. The van der Waals surface area contributed by atoms with E-state index >= 15 is 0 Å². The normalized spacial score (nSPS) is 31.5. The van der Waals surface area contributed by atoms with Gasteiger partial charge in [-0.2, -0.15) is 4.98 Å². The fourth-order valence-corrected chi connectivity index (χ4v) is 2.45. The fourth-order valence-electron chi connectivity index (χ4n) is 2.45. The Kier molecular flexibility index (Phi) is 2.96. The van der Waals surface area contributed by atoms with Crippen LogP contribution in [0.5, 0.6) is 0 Å². The van der Waals surface area contributed by atoms with Crippen LogP contribution >= 0.6 is 0 Å². The van der Waals surface area contributed by atoms with Gasteiger partial charge in [-0.1, -0.05) is 5.92 Å². The smallest absolute Gasteiger partial charge is 0.280 e. The molecule has 0 spiro atoms. The molecule has 0 radical (unpaired) electrons. The van der Waals surface area contributed by atoms with Crippen LogP contribution in [0.3, 0.4) is 0 Å². The van der Waals surface area contributed by atoms with E-state index < -0.39 is 36.3 Å². The van der Waals surface area contributed by atoms with Gasteiger partial charge in [0.05, 0.1) is 12.7 Å². The summed E-state index contributed by atoms with van der Waals surface area (Å²) in [6.07, 6.45) is 4.33. The molecule has 3 heterocycles. The van der Waals surface area contributed by atoms with Crippen LogP contribution in [0.2, 0.25) is 0 Å². The molecule has 0 saturated carbocycles. The van der Waals surface area contributed by atoms with Crippen molar-refractivity contribution in [2.45, 2.75) is 24.1 Å². The zero-order valence-corrected chi connectivity index (χ0v) is 11.2. The quantitative estimate of drug-likeness (QED) is 0.502. The summed E-state index contributed by atoms with van der Waals surface area (Å²) in [5.41, 5.74) is 2.72. The van der Waals surface area contributed by atoms with Crippen LogP contribution in [0.4, 0.5) is 10.3 Å². The number of hydrogen-bond donors (Lipinski definition) is 4. The minimum Gasteiger partial charge on any atom is -0.390 e. The third-order valence-corrected chi connectivity index (χ3v) is 3.45. The first-order valence-electron chi connectivity index (χ1n) is 6.22. The van der Waals surface area contributed by atoms with Crippen LogP contribution in [-0.2, 0) is 4.74 Å². The molecular weight excluding hydrogens is 297 g/mol. The second kappa shape index (κ2) is 4.51. The Bertz CT molecular complexity index is 842. The lowest BCUT2D eigenvalue weighted by atomic mass is 9.98. The zero-order chi connectivity index (χ0) is 16.1. The van der Waals surface area contributed by atoms with Crippen LogP contribution in [0.25, 0.3) is 11.2 Å². The van der Waals surface area contributed by atoms with Gasteiger partial charge in [0.15, 0.2) is 23.0 Å². The summed E-state index contributed by atoms with van der Waals surface area (Å²) in [4.78, 5) is 21.7. The lowest BCUT2D eigenvalue weighted by Gasteiger charge is -2.23. The molecular formula is C12H12FN5O4. The van der Waals surface area contributed by atoms with E-state index in [9.17, 15) is 14.3 Å². The van der Waals surface area contributed by atoms with Crippen molar-refractivity contribution in [3.8, 4) is 12.3 Å². The van der Waals surface area contributed by atoms with Crippen LogP contribution in [0.15, 0.2) is 11.1 Å². The van der Waals surface area contributed by atoms with E-state index in [4.69, 9.17) is 22.0 Å². The number of ether oxygens (including phenoxy) is 1. The minimum absolute atomic E-state index is 0.0258. The Labute approximate surface area is 122 Å². The number of nitrogens with zero attached hydrogens (tertiary/aromatic N) is 3. The summed E-state index contributed by atoms with van der Waals surface area (Å²) in [5, 5.41) is 19.5. The zero-order valence-electron chi connectivity index (χ0n) is 11.2. The molecule has 0 aliphatic carbocycles. The van der Waals surface area contributed by atoms with Crippen molar-refractivity contribution in [1.29, 1.82) is 0 Å². The number of fused-ring (bicyclic) bond motifs is 1. The predicted octanol–water partition coefficient (Wildman–Crippen LogP) is -1.36. The van der Waals surface area contributed by atoms with E-state index in [1.54, 1.807) is 0 Å². The highest BCUT2D eigenvalue weighted by Gasteiger charge is 2.56. The molecule has 0 bridgehead atoms. The van der Waals surface area contributed by atoms with Crippen molar-refractivity contribution in [2.75, 3.05) is 12.3 Å². The summed E-state index contributed by atoms with van der Waals surface area (Å²) in [5.74, 6) is -0.656.